The van der Waals surface area contributed by atoms with Crippen LogP contribution in [0.25, 0.3) is 0 Å². The number of benzene rings is 2. The molecule has 1 amide bonds. The predicted octanol–water partition coefficient (Wildman–Crippen LogP) is 3.04. The van der Waals surface area contributed by atoms with Crippen LogP contribution in [-0.4, -0.2) is 37.9 Å². The molecule has 1 fully saturated rings. The number of methoxy groups -OCH3 is 1. The number of nitrogens with zero attached hydrogens (tertiary/aromatic N) is 1. The summed E-state index contributed by atoms with van der Waals surface area (Å²) in [6.07, 6.45) is 1.01. The minimum atomic E-state index is -0.568. The first-order chi connectivity index (χ1) is 13.5. The molecule has 6 heteroatoms. The molecule has 0 aromatic heterocycles. The van der Waals surface area contributed by atoms with Crippen molar-refractivity contribution >= 4 is 23.3 Å². The van der Waals surface area contributed by atoms with Crippen LogP contribution in [0.2, 0.25) is 0 Å². The molecule has 1 atom stereocenters. The van der Waals surface area contributed by atoms with Crippen LogP contribution in [0.3, 0.4) is 0 Å². The number of carbonyl (C=O) groups is 3. The second-order valence-electron chi connectivity index (χ2n) is 6.68. The Kier molecular flexibility index (Phi) is 6.09. The Morgan fingerprint density at radius 1 is 1.07 bits per heavy atom. The van der Waals surface area contributed by atoms with Crippen molar-refractivity contribution in [3.63, 3.8) is 0 Å². The molecule has 28 heavy (non-hydrogen) atoms. The molecule has 146 valence electrons. The van der Waals surface area contributed by atoms with E-state index in [9.17, 15) is 14.4 Å². The minimum absolute atomic E-state index is 0.0884. The maximum atomic E-state index is 12.3. The molecule has 1 saturated heterocycles. The average Bonchev–Trinajstić information content (AvgIpc) is 3.13. The molecule has 2 aromatic rings. The SMILES string of the molecule is CCc1ccc(N2C[C@H](C(=O)OCC(=O)c3ccc(OC)cc3)CC2=O)cc1. The van der Waals surface area contributed by atoms with E-state index in [0.29, 0.717) is 11.3 Å². The van der Waals surface area contributed by atoms with Gasteiger partial charge in [-0.1, -0.05) is 19.1 Å². The molecule has 3 rings (SSSR count). The molecule has 0 N–H and O–H groups in total. The van der Waals surface area contributed by atoms with E-state index in [1.54, 1.807) is 36.3 Å². The molecule has 0 saturated carbocycles. The third-order valence-corrected chi connectivity index (χ3v) is 4.87. The lowest BCUT2D eigenvalue weighted by atomic mass is 10.1. The van der Waals surface area contributed by atoms with Gasteiger partial charge in [0.15, 0.2) is 12.4 Å². The van der Waals surface area contributed by atoms with Gasteiger partial charge in [0, 0.05) is 24.2 Å². The van der Waals surface area contributed by atoms with Gasteiger partial charge >= 0.3 is 5.97 Å². The van der Waals surface area contributed by atoms with Crippen LogP contribution >= 0.6 is 0 Å². The fourth-order valence-corrected chi connectivity index (χ4v) is 3.14. The van der Waals surface area contributed by atoms with Crippen LogP contribution in [-0.2, 0) is 20.7 Å². The Labute approximate surface area is 164 Å². The van der Waals surface area contributed by atoms with E-state index in [2.05, 4.69) is 6.92 Å². The first kappa shape index (κ1) is 19.6. The Morgan fingerprint density at radius 3 is 2.36 bits per heavy atom. The number of ether oxygens (including phenoxy) is 2. The average molecular weight is 381 g/mol. The zero-order valence-electron chi connectivity index (χ0n) is 16.0. The quantitative estimate of drug-likeness (QED) is 0.544. The molecule has 1 aliphatic rings. The van der Waals surface area contributed by atoms with Crippen molar-refractivity contribution in [2.45, 2.75) is 19.8 Å². The molecule has 2 aromatic carbocycles. The highest BCUT2D eigenvalue weighted by Gasteiger charge is 2.36. The van der Waals surface area contributed by atoms with Crippen LogP contribution in [0.5, 0.6) is 5.75 Å². The van der Waals surface area contributed by atoms with Gasteiger partial charge in [-0.15, -0.1) is 0 Å². The van der Waals surface area contributed by atoms with E-state index in [4.69, 9.17) is 9.47 Å². The van der Waals surface area contributed by atoms with Gasteiger partial charge in [0.05, 0.1) is 13.0 Å². The molecule has 1 aliphatic heterocycles. The summed E-state index contributed by atoms with van der Waals surface area (Å²) in [5.74, 6) is -0.866. The highest BCUT2D eigenvalue weighted by molar-refractivity contribution is 6.01. The lowest BCUT2D eigenvalue weighted by Gasteiger charge is -2.17. The maximum Gasteiger partial charge on any atom is 0.311 e. The van der Waals surface area contributed by atoms with Crippen LogP contribution < -0.4 is 9.64 Å². The first-order valence-electron chi connectivity index (χ1n) is 9.25. The summed E-state index contributed by atoms with van der Waals surface area (Å²) in [4.78, 5) is 38.4. The van der Waals surface area contributed by atoms with Crippen molar-refractivity contribution in [2.24, 2.45) is 5.92 Å². The van der Waals surface area contributed by atoms with Gasteiger partial charge in [0.25, 0.3) is 0 Å². The minimum Gasteiger partial charge on any atom is -0.497 e. The van der Waals surface area contributed by atoms with Crippen molar-refractivity contribution in [3.05, 3.63) is 59.7 Å². The number of anilines is 1. The van der Waals surface area contributed by atoms with E-state index in [1.807, 2.05) is 24.3 Å². The molecular weight excluding hydrogens is 358 g/mol. The summed E-state index contributed by atoms with van der Waals surface area (Å²) in [5.41, 5.74) is 2.39. The van der Waals surface area contributed by atoms with E-state index < -0.39 is 11.9 Å². The highest BCUT2D eigenvalue weighted by Crippen LogP contribution is 2.26. The third kappa shape index (κ3) is 4.39. The lowest BCUT2D eigenvalue weighted by Crippen LogP contribution is -2.27. The van der Waals surface area contributed by atoms with Crippen LogP contribution in [0.15, 0.2) is 48.5 Å². The van der Waals surface area contributed by atoms with E-state index in [1.165, 1.54) is 5.56 Å². The monoisotopic (exact) mass is 381 g/mol. The van der Waals surface area contributed by atoms with Crippen molar-refractivity contribution in [1.29, 1.82) is 0 Å². The molecule has 0 radical (unpaired) electrons. The predicted molar refractivity (Wildman–Crippen MR) is 105 cm³/mol. The summed E-state index contributed by atoms with van der Waals surface area (Å²) in [7, 11) is 1.54. The van der Waals surface area contributed by atoms with Gasteiger partial charge < -0.3 is 14.4 Å². The maximum absolute atomic E-state index is 12.3. The van der Waals surface area contributed by atoms with E-state index >= 15 is 0 Å². The van der Waals surface area contributed by atoms with Gasteiger partial charge in [-0.2, -0.15) is 0 Å². The van der Waals surface area contributed by atoms with Crippen LogP contribution in [0.4, 0.5) is 5.69 Å². The Bertz CT molecular complexity index is 858. The van der Waals surface area contributed by atoms with Gasteiger partial charge in [0.1, 0.15) is 5.75 Å². The van der Waals surface area contributed by atoms with Crippen molar-refractivity contribution in [3.8, 4) is 5.75 Å². The summed E-state index contributed by atoms with van der Waals surface area (Å²) < 4.78 is 10.2. The van der Waals surface area contributed by atoms with Gasteiger partial charge in [0.2, 0.25) is 5.91 Å². The number of hydrogen-bond donors (Lipinski definition) is 0. The van der Waals surface area contributed by atoms with Gasteiger partial charge in [-0.05, 0) is 48.4 Å². The Morgan fingerprint density at radius 2 is 1.75 bits per heavy atom. The number of aryl methyl sites for hydroxylation is 1. The van der Waals surface area contributed by atoms with Gasteiger partial charge in [-0.25, -0.2) is 0 Å². The summed E-state index contributed by atoms with van der Waals surface area (Å²) in [6.45, 7) is 1.98. The summed E-state index contributed by atoms with van der Waals surface area (Å²) in [6, 6.07) is 14.3. The summed E-state index contributed by atoms with van der Waals surface area (Å²) in [5, 5.41) is 0. The molecule has 0 aliphatic carbocycles. The zero-order valence-corrected chi connectivity index (χ0v) is 16.0. The number of ketones is 1. The smallest absolute Gasteiger partial charge is 0.311 e. The molecule has 0 spiro atoms. The number of rotatable bonds is 7. The van der Waals surface area contributed by atoms with Crippen LogP contribution in [0.1, 0.15) is 29.3 Å². The number of esters is 1. The third-order valence-electron chi connectivity index (χ3n) is 4.87. The number of hydrogen-bond acceptors (Lipinski definition) is 5. The molecule has 0 bridgehead atoms. The number of Topliss-reactive ketones (excluding diaryl/α,β-unsaturated/α-hetero) is 1. The van der Waals surface area contributed by atoms with Crippen molar-refractivity contribution < 1.29 is 23.9 Å². The lowest BCUT2D eigenvalue weighted by molar-refractivity contribution is -0.147. The normalized spacial score (nSPS) is 16.1. The van der Waals surface area contributed by atoms with Crippen LogP contribution in [0, 0.1) is 5.92 Å². The molecular formula is C22H23NO5. The van der Waals surface area contributed by atoms with Gasteiger partial charge in [-0.3, -0.25) is 14.4 Å². The topological polar surface area (TPSA) is 72.9 Å². The summed E-state index contributed by atoms with van der Waals surface area (Å²) >= 11 is 0. The fraction of sp³-hybridized carbons (Fsp3) is 0.318. The Balaban J connectivity index is 1.55. The molecule has 6 nitrogen and oxygen atoms in total. The Hall–Kier alpha value is -3.15. The number of amides is 1. The molecule has 1 heterocycles. The van der Waals surface area contributed by atoms with Crippen molar-refractivity contribution in [1.82, 2.24) is 0 Å². The largest absolute Gasteiger partial charge is 0.497 e. The zero-order chi connectivity index (χ0) is 20.1. The highest BCUT2D eigenvalue weighted by atomic mass is 16.5. The second-order valence-corrected chi connectivity index (χ2v) is 6.68. The second kappa shape index (κ2) is 8.69. The van der Waals surface area contributed by atoms with E-state index in [-0.39, 0.29) is 31.3 Å². The first-order valence-corrected chi connectivity index (χ1v) is 9.25. The molecule has 0 unspecified atom stereocenters. The number of carbonyl (C=O) groups excluding carboxylic acids is 3. The van der Waals surface area contributed by atoms with E-state index in [0.717, 1.165) is 12.1 Å². The fourth-order valence-electron chi connectivity index (χ4n) is 3.14. The standard InChI is InChI=1S/C22H23NO5/c1-3-15-4-8-18(9-5-15)23-13-17(12-21(23)25)22(26)28-14-20(24)16-6-10-19(27-2)11-7-16/h4-11,17H,3,12-14H2,1-2H3/t17-/m1/s1. The van der Waals surface area contributed by atoms with Crippen molar-refractivity contribution in [2.75, 3.05) is 25.2 Å².